The maximum atomic E-state index is 14.9. The highest BCUT2D eigenvalue weighted by Crippen LogP contribution is 2.36. The van der Waals surface area contributed by atoms with Crippen molar-refractivity contribution in [2.24, 2.45) is 5.92 Å². The zero-order valence-corrected chi connectivity index (χ0v) is 23.7. The molecule has 0 aliphatic heterocycles. The fourth-order valence-corrected chi connectivity index (χ4v) is 4.96. The minimum absolute atomic E-state index is 0.0595. The van der Waals surface area contributed by atoms with Crippen LogP contribution in [0, 0.1) is 40.8 Å². The zero-order chi connectivity index (χ0) is 30.2. The van der Waals surface area contributed by atoms with Gasteiger partial charge in [0, 0.05) is 16.7 Å². The Bertz CT molecular complexity index is 1460. The molecule has 1 atom stereocenters. The van der Waals surface area contributed by atoms with E-state index >= 15 is 0 Å². The standard InChI is InChI=1S/C34H34F6O2/c1-3-5-7-8-23-13-14-24(30(36)29(23)35)22-11-9-21(10-12-22)20-42-28-18-16-26(32(38)34(28)40)25-15-17-27(33(39)31(25)37)41-19-6-4-2/h3,5,11,13-18,21H,4,6-10,12,19-20H2,1-2H3. The number of hydrogen-bond donors (Lipinski definition) is 0. The number of benzene rings is 3. The molecule has 0 fully saturated rings. The monoisotopic (exact) mass is 588 g/mol. The molecule has 1 aliphatic carbocycles. The Morgan fingerprint density at radius 2 is 1.38 bits per heavy atom. The predicted octanol–water partition coefficient (Wildman–Crippen LogP) is 10.1. The molecule has 0 radical (unpaired) electrons. The van der Waals surface area contributed by atoms with Gasteiger partial charge < -0.3 is 9.47 Å². The lowest BCUT2D eigenvalue weighted by Gasteiger charge is -2.23. The summed E-state index contributed by atoms with van der Waals surface area (Å²) in [7, 11) is 0. The van der Waals surface area contributed by atoms with E-state index in [1.54, 1.807) is 12.1 Å². The van der Waals surface area contributed by atoms with Gasteiger partial charge in [0.2, 0.25) is 11.6 Å². The number of ether oxygens (including phenoxy) is 2. The Kier molecular flexibility index (Phi) is 10.8. The number of allylic oxidation sites excluding steroid dienone is 4. The summed E-state index contributed by atoms with van der Waals surface area (Å²) in [5.74, 6) is -7.66. The largest absolute Gasteiger partial charge is 0.490 e. The van der Waals surface area contributed by atoms with Crippen molar-refractivity contribution in [2.75, 3.05) is 13.2 Å². The van der Waals surface area contributed by atoms with Crippen molar-refractivity contribution in [3.05, 3.63) is 101 Å². The van der Waals surface area contributed by atoms with Crippen molar-refractivity contribution in [3.8, 4) is 22.6 Å². The van der Waals surface area contributed by atoms with Gasteiger partial charge in [-0.3, -0.25) is 0 Å². The average molecular weight is 589 g/mol. The van der Waals surface area contributed by atoms with Crippen LogP contribution in [0.4, 0.5) is 26.3 Å². The number of halogens is 6. The van der Waals surface area contributed by atoms with Crippen LogP contribution in [0.3, 0.4) is 0 Å². The van der Waals surface area contributed by atoms with E-state index < -0.39 is 46.0 Å². The molecule has 0 N–H and O–H groups in total. The van der Waals surface area contributed by atoms with Crippen LogP contribution in [0.1, 0.15) is 63.5 Å². The summed E-state index contributed by atoms with van der Waals surface area (Å²) in [6.07, 6.45) is 9.63. The lowest BCUT2D eigenvalue weighted by molar-refractivity contribution is 0.228. The van der Waals surface area contributed by atoms with E-state index in [0.717, 1.165) is 18.6 Å². The molecule has 1 aliphatic rings. The van der Waals surface area contributed by atoms with Crippen LogP contribution < -0.4 is 9.47 Å². The first-order valence-electron chi connectivity index (χ1n) is 14.3. The third kappa shape index (κ3) is 7.02. The first-order chi connectivity index (χ1) is 20.3. The van der Waals surface area contributed by atoms with E-state index in [-0.39, 0.29) is 36.2 Å². The summed E-state index contributed by atoms with van der Waals surface area (Å²) in [4.78, 5) is 0. The van der Waals surface area contributed by atoms with Gasteiger partial charge in [0.1, 0.15) is 0 Å². The van der Waals surface area contributed by atoms with Gasteiger partial charge in [0.05, 0.1) is 13.2 Å². The molecule has 1 unspecified atom stereocenters. The van der Waals surface area contributed by atoms with Gasteiger partial charge in [0.25, 0.3) is 0 Å². The summed E-state index contributed by atoms with van der Waals surface area (Å²) >= 11 is 0. The zero-order valence-electron chi connectivity index (χ0n) is 23.7. The molecule has 0 saturated carbocycles. The maximum absolute atomic E-state index is 14.9. The van der Waals surface area contributed by atoms with E-state index in [0.29, 0.717) is 49.7 Å². The average Bonchev–Trinajstić information content (AvgIpc) is 2.99. The Balaban J connectivity index is 1.40. The molecule has 8 heteroatoms. The number of aryl methyl sites for hydroxylation is 1. The molecule has 0 saturated heterocycles. The lowest BCUT2D eigenvalue weighted by atomic mass is 9.86. The van der Waals surface area contributed by atoms with Crippen molar-refractivity contribution in [3.63, 3.8) is 0 Å². The van der Waals surface area contributed by atoms with Crippen molar-refractivity contribution in [1.82, 2.24) is 0 Å². The van der Waals surface area contributed by atoms with Gasteiger partial charge in [-0.15, -0.1) is 0 Å². The highest BCUT2D eigenvalue weighted by molar-refractivity contribution is 5.68. The second-order valence-electron chi connectivity index (χ2n) is 10.4. The fourth-order valence-electron chi connectivity index (χ4n) is 4.96. The molecule has 2 nitrogen and oxygen atoms in total. The summed E-state index contributed by atoms with van der Waals surface area (Å²) < 4.78 is 99.2. The van der Waals surface area contributed by atoms with Crippen molar-refractivity contribution >= 4 is 5.57 Å². The molecule has 0 spiro atoms. The van der Waals surface area contributed by atoms with Crippen LogP contribution in [-0.2, 0) is 6.42 Å². The molecule has 42 heavy (non-hydrogen) atoms. The molecule has 0 aromatic heterocycles. The minimum Gasteiger partial charge on any atom is -0.490 e. The van der Waals surface area contributed by atoms with Gasteiger partial charge in [-0.1, -0.05) is 43.7 Å². The number of unbranched alkanes of at least 4 members (excludes halogenated alkanes) is 1. The van der Waals surface area contributed by atoms with Gasteiger partial charge in [0.15, 0.2) is 34.8 Å². The van der Waals surface area contributed by atoms with Gasteiger partial charge in [-0.25, -0.2) is 17.6 Å². The molecule has 0 amide bonds. The van der Waals surface area contributed by atoms with Crippen LogP contribution >= 0.6 is 0 Å². The van der Waals surface area contributed by atoms with Crippen LogP contribution in [0.15, 0.2) is 54.6 Å². The summed E-state index contributed by atoms with van der Waals surface area (Å²) in [6, 6.07) is 7.88. The first kappa shape index (κ1) is 31.3. The molecular weight excluding hydrogens is 554 g/mol. The SMILES string of the molecule is CC=CCCc1ccc(C2=CCC(COc3ccc(-c4ccc(OCCCC)c(F)c4F)c(F)c3F)CC2)c(F)c1F. The molecule has 3 aromatic carbocycles. The third-order valence-corrected chi connectivity index (χ3v) is 7.46. The van der Waals surface area contributed by atoms with Crippen molar-refractivity contribution in [2.45, 2.75) is 58.8 Å². The highest BCUT2D eigenvalue weighted by Gasteiger charge is 2.24. The first-order valence-corrected chi connectivity index (χ1v) is 14.3. The number of hydrogen-bond acceptors (Lipinski definition) is 2. The lowest BCUT2D eigenvalue weighted by Crippen LogP contribution is -2.16. The Morgan fingerprint density at radius 1 is 0.762 bits per heavy atom. The molecule has 0 heterocycles. The Labute approximate surface area is 242 Å². The van der Waals surface area contributed by atoms with Crippen molar-refractivity contribution < 1.29 is 35.8 Å². The maximum Gasteiger partial charge on any atom is 0.201 e. The fraction of sp³-hybridized carbons (Fsp3) is 0.353. The summed E-state index contributed by atoms with van der Waals surface area (Å²) in [5, 5.41) is 0. The van der Waals surface area contributed by atoms with Crippen LogP contribution in [0.25, 0.3) is 16.7 Å². The highest BCUT2D eigenvalue weighted by atomic mass is 19.2. The smallest absolute Gasteiger partial charge is 0.201 e. The van der Waals surface area contributed by atoms with E-state index in [1.165, 1.54) is 12.1 Å². The third-order valence-electron chi connectivity index (χ3n) is 7.46. The summed E-state index contributed by atoms with van der Waals surface area (Å²) in [6.45, 7) is 4.07. The second-order valence-corrected chi connectivity index (χ2v) is 10.4. The molecule has 0 bridgehead atoms. The van der Waals surface area contributed by atoms with Crippen LogP contribution in [0.5, 0.6) is 11.5 Å². The van der Waals surface area contributed by atoms with Gasteiger partial charge >= 0.3 is 0 Å². The molecule has 3 aromatic rings. The van der Waals surface area contributed by atoms with Gasteiger partial charge in [-0.2, -0.15) is 8.78 Å². The summed E-state index contributed by atoms with van der Waals surface area (Å²) in [5.41, 5.74) is 0.384. The normalized spacial score (nSPS) is 15.2. The second kappa shape index (κ2) is 14.5. The number of rotatable bonds is 12. The minimum atomic E-state index is -1.36. The molecular formula is C34H34F6O2. The van der Waals surface area contributed by atoms with E-state index in [2.05, 4.69) is 0 Å². The van der Waals surface area contributed by atoms with Crippen LogP contribution in [0.2, 0.25) is 0 Å². The molecule has 224 valence electrons. The van der Waals surface area contributed by atoms with E-state index in [9.17, 15) is 26.3 Å². The van der Waals surface area contributed by atoms with E-state index in [4.69, 9.17) is 9.47 Å². The predicted molar refractivity (Wildman–Crippen MR) is 152 cm³/mol. The Hall–Kier alpha value is -3.68. The van der Waals surface area contributed by atoms with Crippen LogP contribution in [-0.4, -0.2) is 13.2 Å². The molecule has 4 rings (SSSR count). The Morgan fingerprint density at radius 3 is 1.98 bits per heavy atom. The quantitative estimate of drug-likeness (QED) is 0.119. The van der Waals surface area contributed by atoms with E-state index in [1.807, 2.05) is 32.1 Å². The van der Waals surface area contributed by atoms with Gasteiger partial charge in [-0.05, 0) is 86.8 Å². The van der Waals surface area contributed by atoms with Crippen molar-refractivity contribution in [1.29, 1.82) is 0 Å². The topological polar surface area (TPSA) is 18.5 Å².